The maximum Gasteiger partial charge on any atom is 0.314 e. The van der Waals surface area contributed by atoms with Gasteiger partial charge in [0.1, 0.15) is 6.10 Å². The molecule has 0 spiro atoms. The molecule has 198 valence electrons. The second-order valence-electron chi connectivity index (χ2n) is 10.8. The van der Waals surface area contributed by atoms with Crippen molar-refractivity contribution in [3.05, 3.63) is 77.4 Å². The lowest BCUT2D eigenvalue weighted by Crippen LogP contribution is -2.41. The number of hydrogen-bond acceptors (Lipinski definition) is 4. The minimum Gasteiger partial charge on any atom is -0.462 e. The fourth-order valence-electron chi connectivity index (χ4n) is 6.27. The van der Waals surface area contributed by atoms with Crippen LogP contribution < -0.4 is 0 Å². The molecule has 0 radical (unpaired) electrons. The number of rotatable bonds is 5. The third kappa shape index (κ3) is 6.87. The van der Waals surface area contributed by atoms with Gasteiger partial charge in [0.25, 0.3) is 0 Å². The maximum absolute atomic E-state index is 14.1. The first-order chi connectivity index (χ1) is 18.3. The number of hydrogen-bond donors (Lipinski definition) is 0. The zero-order valence-electron chi connectivity index (χ0n) is 22.1. The van der Waals surface area contributed by atoms with E-state index in [-0.39, 0.29) is 23.9 Å². The Balaban J connectivity index is 1.43. The van der Waals surface area contributed by atoms with Crippen LogP contribution in [0.25, 0.3) is 5.57 Å². The van der Waals surface area contributed by atoms with Crippen LogP contribution >= 0.6 is 23.5 Å². The van der Waals surface area contributed by atoms with E-state index in [9.17, 15) is 4.79 Å². The first-order valence-corrected chi connectivity index (χ1v) is 16.7. The van der Waals surface area contributed by atoms with Crippen LogP contribution in [0.1, 0.15) is 94.1 Å². The Bertz CT molecular complexity index is 1000. The Labute approximate surface area is 232 Å². The summed E-state index contributed by atoms with van der Waals surface area (Å²) in [5.41, 5.74) is 5.18. The Hall–Kier alpha value is -1.65. The minimum atomic E-state index is -0.179. The standard InChI is InChI=1S/C33H42O2S2/c34-32(35-27-21-14-6-4-2-1-3-5-7-15-22-27)30-28(25-17-10-8-11-18-25)29(26-19-12-9-13-20-26)31(30)33-36-23-16-24-37-33/h8-13,17-20,27-28,30,33H,1-7,14-16,21-24H2/t28-,30+/m1/s1. The highest BCUT2D eigenvalue weighted by Gasteiger charge is 2.50. The van der Waals surface area contributed by atoms with Gasteiger partial charge in [-0.15, -0.1) is 23.5 Å². The molecule has 0 bridgehead atoms. The molecule has 3 aliphatic rings. The van der Waals surface area contributed by atoms with Crippen LogP contribution in [0.4, 0.5) is 0 Å². The van der Waals surface area contributed by atoms with Gasteiger partial charge >= 0.3 is 5.97 Å². The van der Waals surface area contributed by atoms with Crippen molar-refractivity contribution >= 4 is 35.1 Å². The van der Waals surface area contributed by atoms with Gasteiger partial charge in [-0.3, -0.25) is 4.79 Å². The summed E-state index contributed by atoms with van der Waals surface area (Å²) < 4.78 is 6.81. The number of esters is 1. The average Bonchev–Trinajstić information content (AvgIpc) is 2.91. The van der Waals surface area contributed by atoms with E-state index >= 15 is 0 Å². The monoisotopic (exact) mass is 534 g/mol. The molecule has 1 saturated carbocycles. The lowest BCUT2D eigenvalue weighted by Gasteiger charge is -2.45. The fraction of sp³-hybridized carbons (Fsp3) is 0.545. The molecule has 0 unspecified atom stereocenters. The molecule has 2 nitrogen and oxygen atoms in total. The second-order valence-corrected chi connectivity index (χ2v) is 13.6. The van der Waals surface area contributed by atoms with Gasteiger partial charge in [0, 0.05) is 5.92 Å². The maximum atomic E-state index is 14.1. The molecule has 5 rings (SSSR count). The van der Waals surface area contributed by atoms with Crippen molar-refractivity contribution in [1.82, 2.24) is 0 Å². The van der Waals surface area contributed by atoms with Gasteiger partial charge in [-0.2, -0.15) is 0 Å². The number of benzene rings is 2. The average molecular weight is 535 g/mol. The Morgan fingerprint density at radius 1 is 0.676 bits per heavy atom. The predicted octanol–water partition coefficient (Wildman–Crippen LogP) is 9.27. The molecule has 2 aromatic rings. The van der Waals surface area contributed by atoms with Crippen LogP contribution in [0, 0.1) is 5.92 Å². The molecule has 37 heavy (non-hydrogen) atoms. The van der Waals surface area contributed by atoms with Gasteiger partial charge in [0.05, 0.1) is 10.5 Å². The molecular weight excluding hydrogens is 492 g/mol. The van der Waals surface area contributed by atoms with Gasteiger partial charge in [0.2, 0.25) is 0 Å². The van der Waals surface area contributed by atoms with Crippen molar-refractivity contribution in [1.29, 1.82) is 0 Å². The summed E-state index contributed by atoms with van der Waals surface area (Å²) in [6.07, 6.45) is 15.0. The molecule has 0 N–H and O–H groups in total. The van der Waals surface area contributed by atoms with Gasteiger partial charge in [-0.25, -0.2) is 0 Å². The van der Waals surface area contributed by atoms with Crippen molar-refractivity contribution in [2.75, 3.05) is 11.5 Å². The molecule has 0 amide bonds. The number of allylic oxidation sites excluding steroid dienone is 1. The summed E-state index contributed by atoms with van der Waals surface area (Å²) in [6, 6.07) is 21.4. The summed E-state index contributed by atoms with van der Waals surface area (Å²) >= 11 is 4.05. The first-order valence-electron chi connectivity index (χ1n) is 14.6. The summed E-state index contributed by atoms with van der Waals surface area (Å²) in [6.45, 7) is 0. The third-order valence-electron chi connectivity index (χ3n) is 8.20. The lowest BCUT2D eigenvalue weighted by atomic mass is 9.63. The summed E-state index contributed by atoms with van der Waals surface area (Å²) in [5.74, 6) is 2.25. The van der Waals surface area contributed by atoms with Gasteiger partial charge in [-0.1, -0.05) is 106 Å². The summed E-state index contributed by atoms with van der Waals surface area (Å²) in [5, 5.41) is 0. The highest BCUT2D eigenvalue weighted by Crippen LogP contribution is 2.58. The molecule has 1 heterocycles. The lowest BCUT2D eigenvalue weighted by molar-refractivity contribution is -0.154. The van der Waals surface area contributed by atoms with Crippen molar-refractivity contribution < 1.29 is 9.53 Å². The Kier molecular flexibility index (Phi) is 10.1. The summed E-state index contributed by atoms with van der Waals surface area (Å²) in [4.78, 5) is 14.1. The van der Waals surface area contributed by atoms with Crippen LogP contribution in [0.2, 0.25) is 0 Å². The zero-order valence-corrected chi connectivity index (χ0v) is 23.7. The number of carbonyl (C=O) groups is 1. The molecule has 2 aromatic carbocycles. The first kappa shape index (κ1) is 26.9. The number of thioether (sulfide) groups is 2. The van der Waals surface area contributed by atoms with Crippen LogP contribution in [0.5, 0.6) is 0 Å². The topological polar surface area (TPSA) is 26.3 Å². The predicted molar refractivity (Wildman–Crippen MR) is 160 cm³/mol. The van der Waals surface area contributed by atoms with E-state index in [2.05, 4.69) is 60.7 Å². The van der Waals surface area contributed by atoms with E-state index in [0.717, 1.165) is 12.8 Å². The number of carbonyl (C=O) groups excluding carboxylic acids is 1. The molecule has 2 fully saturated rings. The Morgan fingerprint density at radius 2 is 1.22 bits per heavy atom. The van der Waals surface area contributed by atoms with Crippen molar-refractivity contribution in [2.45, 2.75) is 93.7 Å². The molecular formula is C33H42O2S2. The third-order valence-corrected chi connectivity index (χ3v) is 11.2. The van der Waals surface area contributed by atoms with Gasteiger partial charge < -0.3 is 4.74 Å². The minimum absolute atomic E-state index is 0.0207. The van der Waals surface area contributed by atoms with Crippen LogP contribution in [-0.4, -0.2) is 28.2 Å². The van der Waals surface area contributed by atoms with Crippen molar-refractivity contribution in [3.63, 3.8) is 0 Å². The molecule has 1 saturated heterocycles. The fourth-order valence-corrected chi connectivity index (χ4v) is 9.37. The molecule has 1 aliphatic heterocycles. The molecule has 2 atom stereocenters. The van der Waals surface area contributed by atoms with E-state index in [1.165, 1.54) is 98.0 Å². The van der Waals surface area contributed by atoms with Crippen molar-refractivity contribution in [2.24, 2.45) is 5.92 Å². The summed E-state index contributed by atoms with van der Waals surface area (Å²) in [7, 11) is 0. The van der Waals surface area contributed by atoms with Gasteiger partial charge in [-0.05, 0) is 65.9 Å². The smallest absolute Gasteiger partial charge is 0.314 e. The molecule has 0 aromatic heterocycles. The van der Waals surface area contributed by atoms with E-state index < -0.39 is 0 Å². The van der Waals surface area contributed by atoms with Crippen molar-refractivity contribution in [3.8, 4) is 0 Å². The van der Waals surface area contributed by atoms with E-state index in [1.54, 1.807) is 0 Å². The zero-order chi connectivity index (χ0) is 25.3. The molecule has 4 heteroatoms. The largest absolute Gasteiger partial charge is 0.462 e. The van der Waals surface area contributed by atoms with E-state index in [0.29, 0.717) is 4.58 Å². The number of ether oxygens (including phenoxy) is 1. The van der Waals surface area contributed by atoms with Crippen LogP contribution in [-0.2, 0) is 9.53 Å². The van der Waals surface area contributed by atoms with E-state index in [1.807, 2.05) is 23.5 Å². The highest BCUT2D eigenvalue weighted by molar-refractivity contribution is 8.17. The van der Waals surface area contributed by atoms with Crippen LogP contribution in [0.15, 0.2) is 66.2 Å². The van der Waals surface area contributed by atoms with E-state index in [4.69, 9.17) is 4.74 Å². The SMILES string of the molecule is O=C(OC1CCCCCCCCCCC1)[C@@H]1C(C2SCCCS2)=C(c2ccccc2)[C@H]1c1ccccc1. The van der Waals surface area contributed by atoms with Crippen LogP contribution in [0.3, 0.4) is 0 Å². The highest BCUT2D eigenvalue weighted by atomic mass is 32.2. The normalized spacial score (nSPS) is 25.0. The Morgan fingerprint density at radius 3 is 1.81 bits per heavy atom. The van der Waals surface area contributed by atoms with Gasteiger partial charge in [0.15, 0.2) is 0 Å². The quantitative estimate of drug-likeness (QED) is 0.357. The second kappa shape index (κ2) is 13.9. The molecule has 2 aliphatic carbocycles.